The first-order valence-corrected chi connectivity index (χ1v) is 2.56. The molecular weight excluding hydrogens is 243 g/mol. The van der Waals surface area contributed by atoms with Crippen LogP contribution in [0.1, 0.15) is 0 Å². The number of fused-ring (bicyclic) bond motifs is 1. The molecule has 0 bridgehead atoms. The summed E-state index contributed by atoms with van der Waals surface area (Å²) in [5.74, 6) is 0. The highest BCUT2D eigenvalue weighted by Crippen LogP contribution is 1.91. The second-order valence-electron chi connectivity index (χ2n) is 1.68. The average Bonchev–Trinajstić information content (AvgIpc) is 2.33. The van der Waals surface area contributed by atoms with Crippen LogP contribution in [0.15, 0.2) is 24.9 Å². The standard InChI is InChI=1S/C5H4N4.HI/c1-2-6-3-9-4-7-8-5(1)9;/h1-4H;1H. The van der Waals surface area contributed by atoms with Crippen LogP contribution in [0.4, 0.5) is 0 Å². The molecule has 0 aromatic carbocycles. The van der Waals surface area contributed by atoms with Crippen molar-refractivity contribution < 1.29 is 0 Å². The van der Waals surface area contributed by atoms with Crippen molar-refractivity contribution in [2.24, 2.45) is 0 Å². The van der Waals surface area contributed by atoms with Gasteiger partial charge in [0.25, 0.3) is 0 Å². The van der Waals surface area contributed by atoms with E-state index in [-0.39, 0.29) is 24.0 Å². The van der Waals surface area contributed by atoms with E-state index in [0.29, 0.717) is 0 Å². The Bertz CT molecular complexity index is 288. The third-order valence-electron chi connectivity index (χ3n) is 1.10. The molecule has 10 heavy (non-hydrogen) atoms. The lowest BCUT2D eigenvalue weighted by Gasteiger charge is -1.83. The lowest BCUT2D eigenvalue weighted by molar-refractivity contribution is 1.07. The van der Waals surface area contributed by atoms with E-state index in [0.717, 1.165) is 5.65 Å². The molecule has 0 spiro atoms. The molecule has 2 aromatic rings. The van der Waals surface area contributed by atoms with E-state index in [2.05, 4.69) is 15.2 Å². The minimum Gasteiger partial charge on any atom is -0.272 e. The molecule has 0 aliphatic rings. The summed E-state index contributed by atoms with van der Waals surface area (Å²) in [5, 5.41) is 7.47. The van der Waals surface area contributed by atoms with Crippen LogP contribution in [0.2, 0.25) is 0 Å². The van der Waals surface area contributed by atoms with Crippen molar-refractivity contribution >= 4 is 29.6 Å². The average molecular weight is 248 g/mol. The van der Waals surface area contributed by atoms with Crippen LogP contribution in [0.25, 0.3) is 5.65 Å². The van der Waals surface area contributed by atoms with E-state index in [9.17, 15) is 0 Å². The van der Waals surface area contributed by atoms with Gasteiger partial charge in [-0.05, 0) is 0 Å². The van der Waals surface area contributed by atoms with E-state index in [4.69, 9.17) is 0 Å². The smallest absolute Gasteiger partial charge is 0.163 e. The molecule has 0 aliphatic carbocycles. The third-order valence-corrected chi connectivity index (χ3v) is 1.10. The molecule has 5 heteroatoms. The molecule has 0 radical (unpaired) electrons. The van der Waals surface area contributed by atoms with Gasteiger partial charge < -0.3 is 0 Å². The maximum Gasteiger partial charge on any atom is 0.163 e. The van der Waals surface area contributed by atoms with Crippen LogP contribution < -0.4 is 0 Å². The van der Waals surface area contributed by atoms with Crippen LogP contribution in [0, 0.1) is 0 Å². The summed E-state index contributed by atoms with van der Waals surface area (Å²) < 4.78 is 1.75. The van der Waals surface area contributed by atoms with Crippen molar-refractivity contribution in [2.75, 3.05) is 0 Å². The van der Waals surface area contributed by atoms with Crippen LogP contribution >= 0.6 is 24.0 Å². The van der Waals surface area contributed by atoms with E-state index < -0.39 is 0 Å². The van der Waals surface area contributed by atoms with Gasteiger partial charge in [-0.3, -0.25) is 4.40 Å². The highest BCUT2D eigenvalue weighted by atomic mass is 127. The highest BCUT2D eigenvalue weighted by Gasteiger charge is 1.88. The first-order valence-electron chi connectivity index (χ1n) is 2.56. The van der Waals surface area contributed by atoms with Crippen LogP contribution in [0.3, 0.4) is 0 Å². The van der Waals surface area contributed by atoms with E-state index >= 15 is 0 Å². The molecule has 0 saturated carbocycles. The molecular formula is C5H5IN4. The molecule has 0 aliphatic heterocycles. The molecule has 52 valence electrons. The van der Waals surface area contributed by atoms with E-state index in [1.54, 1.807) is 29.3 Å². The Kier molecular flexibility index (Phi) is 2.15. The predicted octanol–water partition coefficient (Wildman–Crippen LogP) is 0.742. The first-order chi connectivity index (χ1) is 4.47. The fourth-order valence-electron chi connectivity index (χ4n) is 0.680. The zero-order valence-electron chi connectivity index (χ0n) is 5.01. The Morgan fingerprint density at radius 3 is 3.00 bits per heavy atom. The quantitative estimate of drug-likeness (QED) is 0.646. The molecule has 4 nitrogen and oxygen atoms in total. The highest BCUT2D eigenvalue weighted by molar-refractivity contribution is 14.0. The number of rotatable bonds is 0. The second kappa shape index (κ2) is 2.91. The van der Waals surface area contributed by atoms with Crippen molar-refractivity contribution in [1.29, 1.82) is 0 Å². The van der Waals surface area contributed by atoms with Gasteiger partial charge in [0.1, 0.15) is 12.7 Å². The summed E-state index contributed by atoms with van der Waals surface area (Å²) in [7, 11) is 0. The Labute approximate surface area is 74.3 Å². The molecule has 2 rings (SSSR count). The van der Waals surface area contributed by atoms with Gasteiger partial charge in [-0.1, -0.05) is 0 Å². The normalized spacial score (nSPS) is 9.20. The zero-order valence-corrected chi connectivity index (χ0v) is 7.34. The Morgan fingerprint density at radius 2 is 2.20 bits per heavy atom. The first kappa shape index (κ1) is 7.39. The van der Waals surface area contributed by atoms with Crippen molar-refractivity contribution in [3.05, 3.63) is 24.9 Å². The fraction of sp³-hybridized carbons (Fsp3) is 0. The van der Waals surface area contributed by atoms with Crippen molar-refractivity contribution in [2.45, 2.75) is 0 Å². The lowest BCUT2D eigenvalue weighted by atomic mass is 10.6. The molecule has 0 unspecified atom stereocenters. The third kappa shape index (κ3) is 1.08. The van der Waals surface area contributed by atoms with Gasteiger partial charge in [0.2, 0.25) is 0 Å². The molecule has 0 amide bonds. The summed E-state index contributed by atoms with van der Waals surface area (Å²) in [6, 6.07) is 1.80. The maximum absolute atomic E-state index is 3.87. The van der Waals surface area contributed by atoms with Gasteiger partial charge in [-0.15, -0.1) is 34.2 Å². The molecule has 0 saturated heterocycles. The molecule has 2 heterocycles. The molecule has 0 N–H and O–H groups in total. The van der Waals surface area contributed by atoms with Crippen LogP contribution in [0.5, 0.6) is 0 Å². The summed E-state index contributed by atoms with van der Waals surface area (Å²) in [5.41, 5.74) is 0.824. The molecule has 0 fully saturated rings. The van der Waals surface area contributed by atoms with Crippen molar-refractivity contribution in [1.82, 2.24) is 19.6 Å². The largest absolute Gasteiger partial charge is 0.272 e. The van der Waals surface area contributed by atoms with Gasteiger partial charge in [0, 0.05) is 12.3 Å². The minimum atomic E-state index is 0. The van der Waals surface area contributed by atoms with Gasteiger partial charge in [0.15, 0.2) is 5.65 Å². The van der Waals surface area contributed by atoms with Gasteiger partial charge >= 0.3 is 0 Å². The van der Waals surface area contributed by atoms with Crippen LogP contribution in [-0.2, 0) is 0 Å². The SMILES string of the molecule is I.c1cc2nncn2cn1. The van der Waals surface area contributed by atoms with Gasteiger partial charge in [-0.2, -0.15) is 0 Å². The van der Waals surface area contributed by atoms with E-state index in [1.807, 2.05) is 0 Å². The summed E-state index contributed by atoms with van der Waals surface area (Å²) in [6.45, 7) is 0. The summed E-state index contributed by atoms with van der Waals surface area (Å²) >= 11 is 0. The summed E-state index contributed by atoms with van der Waals surface area (Å²) in [4.78, 5) is 3.87. The number of hydrogen-bond acceptors (Lipinski definition) is 3. The Morgan fingerprint density at radius 1 is 1.30 bits per heavy atom. The van der Waals surface area contributed by atoms with Crippen LogP contribution in [-0.4, -0.2) is 19.6 Å². The Hall–Kier alpha value is -0.720. The predicted molar refractivity (Wildman–Crippen MR) is 46.2 cm³/mol. The number of nitrogens with zero attached hydrogens (tertiary/aromatic N) is 4. The second-order valence-corrected chi connectivity index (χ2v) is 1.68. The van der Waals surface area contributed by atoms with Gasteiger partial charge in [-0.25, -0.2) is 4.98 Å². The summed E-state index contributed by atoms with van der Waals surface area (Å²) in [6.07, 6.45) is 4.96. The minimum absolute atomic E-state index is 0. The monoisotopic (exact) mass is 248 g/mol. The topological polar surface area (TPSA) is 43.1 Å². The zero-order chi connectivity index (χ0) is 6.10. The fourth-order valence-corrected chi connectivity index (χ4v) is 0.680. The van der Waals surface area contributed by atoms with Crippen molar-refractivity contribution in [3.8, 4) is 0 Å². The number of halogens is 1. The number of hydrogen-bond donors (Lipinski definition) is 0. The van der Waals surface area contributed by atoms with Gasteiger partial charge in [0.05, 0.1) is 0 Å². The molecule has 0 atom stereocenters. The Balaban J connectivity index is 0.000000500. The molecule has 2 aromatic heterocycles. The van der Waals surface area contributed by atoms with Crippen molar-refractivity contribution in [3.63, 3.8) is 0 Å². The maximum atomic E-state index is 3.87. The number of aromatic nitrogens is 4. The van der Waals surface area contributed by atoms with E-state index in [1.165, 1.54) is 0 Å². The lowest BCUT2D eigenvalue weighted by Crippen LogP contribution is -1.81.